The Balaban J connectivity index is 2.26. The highest BCUT2D eigenvalue weighted by Crippen LogP contribution is 2.12. The fourth-order valence-corrected chi connectivity index (χ4v) is 2.89. The van der Waals surface area contributed by atoms with E-state index in [0.717, 1.165) is 0 Å². The highest BCUT2D eigenvalue weighted by atomic mass is 32.2. The molecule has 1 aliphatic rings. The number of nitrogens with one attached hydrogen (secondary N) is 1. The number of aromatic nitrogens is 1. The summed E-state index contributed by atoms with van der Waals surface area (Å²) >= 11 is 0. The Labute approximate surface area is 89.2 Å². The van der Waals surface area contributed by atoms with Crippen LogP contribution in [0.15, 0.2) is 29.4 Å². The van der Waals surface area contributed by atoms with Gasteiger partial charge in [0, 0.05) is 32.4 Å². The van der Waals surface area contributed by atoms with E-state index in [-0.39, 0.29) is 5.03 Å². The minimum atomic E-state index is -3.38. The quantitative estimate of drug-likeness (QED) is 0.752. The molecule has 2 heterocycles. The van der Waals surface area contributed by atoms with Crippen LogP contribution < -0.4 is 5.32 Å². The fraction of sp³-hybridized carbons (Fsp3) is 0.444. The molecule has 0 radical (unpaired) electrons. The van der Waals surface area contributed by atoms with Crippen molar-refractivity contribution in [3.8, 4) is 0 Å². The lowest BCUT2D eigenvalue weighted by atomic mass is 10.4. The predicted molar refractivity (Wildman–Crippen MR) is 55.9 cm³/mol. The molecule has 0 bridgehead atoms. The van der Waals surface area contributed by atoms with Crippen LogP contribution in [0.25, 0.3) is 0 Å². The number of pyridine rings is 1. The highest BCUT2D eigenvalue weighted by molar-refractivity contribution is 7.89. The van der Waals surface area contributed by atoms with Gasteiger partial charge >= 0.3 is 0 Å². The molecule has 1 saturated heterocycles. The first-order valence-corrected chi connectivity index (χ1v) is 6.27. The summed E-state index contributed by atoms with van der Waals surface area (Å²) in [6.45, 7) is 2.43. The number of sulfonamides is 1. The summed E-state index contributed by atoms with van der Waals surface area (Å²) in [6.07, 6.45) is 1.50. The maximum atomic E-state index is 12.0. The van der Waals surface area contributed by atoms with Crippen molar-refractivity contribution in [2.75, 3.05) is 26.2 Å². The second kappa shape index (κ2) is 4.26. The number of nitrogens with zero attached hydrogens (tertiary/aromatic N) is 2. The lowest BCUT2D eigenvalue weighted by molar-refractivity contribution is 0.359. The SMILES string of the molecule is O=S(=O)(c1ccccn1)N1CCNCC1. The lowest BCUT2D eigenvalue weighted by Crippen LogP contribution is -2.46. The minimum Gasteiger partial charge on any atom is -0.314 e. The van der Waals surface area contributed by atoms with Crippen LogP contribution in [0.2, 0.25) is 0 Å². The molecule has 6 heteroatoms. The standard InChI is InChI=1S/C9H13N3O2S/c13-15(14,9-3-1-2-4-11-9)12-7-5-10-6-8-12/h1-4,10H,5-8H2. The Morgan fingerprint density at radius 1 is 1.27 bits per heavy atom. The van der Waals surface area contributed by atoms with E-state index in [0.29, 0.717) is 26.2 Å². The second-order valence-electron chi connectivity index (χ2n) is 3.32. The zero-order chi connectivity index (χ0) is 10.7. The van der Waals surface area contributed by atoms with Crippen molar-refractivity contribution in [3.05, 3.63) is 24.4 Å². The average molecular weight is 227 g/mol. The van der Waals surface area contributed by atoms with E-state index < -0.39 is 10.0 Å². The van der Waals surface area contributed by atoms with Crippen LogP contribution >= 0.6 is 0 Å². The average Bonchev–Trinajstić information content (AvgIpc) is 2.31. The van der Waals surface area contributed by atoms with Gasteiger partial charge in [-0.2, -0.15) is 4.31 Å². The van der Waals surface area contributed by atoms with Gasteiger partial charge in [-0.25, -0.2) is 13.4 Å². The number of hydrogen-bond acceptors (Lipinski definition) is 4. The number of rotatable bonds is 2. The number of hydrogen-bond donors (Lipinski definition) is 1. The first kappa shape index (κ1) is 10.5. The Kier molecular flexibility index (Phi) is 2.99. The molecule has 0 saturated carbocycles. The zero-order valence-electron chi connectivity index (χ0n) is 8.26. The van der Waals surface area contributed by atoms with Gasteiger partial charge in [-0.1, -0.05) is 6.07 Å². The van der Waals surface area contributed by atoms with E-state index >= 15 is 0 Å². The van der Waals surface area contributed by atoms with Crippen molar-refractivity contribution >= 4 is 10.0 Å². The van der Waals surface area contributed by atoms with E-state index in [1.165, 1.54) is 16.6 Å². The summed E-state index contributed by atoms with van der Waals surface area (Å²) in [5, 5.41) is 3.24. The summed E-state index contributed by atoms with van der Waals surface area (Å²) in [6, 6.07) is 4.91. The highest BCUT2D eigenvalue weighted by Gasteiger charge is 2.26. The van der Waals surface area contributed by atoms with Gasteiger partial charge in [-0.05, 0) is 12.1 Å². The minimum absolute atomic E-state index is 0.131. The maximum absolute atomic E-state index is 12.0. The first-order valence-electron chi connectivity index (χ1n) is 4.83. The van der Waals surface area contributed by atoms with Crippen molar-refractivity contribution in [2.45, 2.75) is 5.03 Å². The Bertz CT molecular complexity index is 412. The van der Waals surface area contributed by atoms with Crippen LogP contribution in [-0.4, -0.2) is 43.9 Å². The first-order chi connectivity index (χ1) is 7.21. The molecule has 1 aliphatic heterocycles. The molecule has 0 amide bonds. The number of piperazine rings is 1. The van der Waals surface area contributed by atoms with Gasteiger partial charge in [0.05, 0.1) is 0 Å². The Morgan fingerprint density at radius 3 is 2.60 bits per heavy atom. The van der Waals surface area contributed by atoms with E-state index in [1.54, 1.807) is 12.1 Å². The van der Waals surface area contributed by atoms with Crippen molar-refractivity contribution in [3.63, 3.8) is 0 Å². The maximum Gasteiger partial charge on any atom is 0.260 e. The molecular formula is C9H13N3O2S. The zero-order valence-corrected chi connectivity index (χ0v) is 9.07. The van der Waals surface area contributed by atoms with Gasteiger partial charge in [-0.3, -0.25) is 0 Å². The van der Waals surface area contributed by atoms with E-state index in [2.05, 4.69) is 10.3 Å². The summed E-state index contributed by atoms with van der Waals surface area (Å²) < 4.78 is 25.5. The van der Waals surface area contributed by atoms with Crippen molar-refractivity contribution in [1.29, 1.82) is 0 Å². The normalized spacial score (nSPS) is 18.9. The molecule has 2 rings (SSSR count). The Hall–Kier alpha value is -0.980. The molecule has 1 fully saturated rings. The van der Waals surface area contributed by atoms with Gasteiger partial charge in [0.15, 0.2) is 5.03 Å². The van der Waals surface area contributed by atoms with Crippen LogP contribution in [-0.2, 0) is 10.0 Å². The van der Waals surface area contributed by atoms with E-state index in [4.69, 9.17) is 0 Å². The molecule has 82 valence electrons. The summed E-state index contributed by atoms with van der Waals surface area (Å²) in [5.74, 6) is 0. The van der Waals surface area contributed by atoms with Crippen molar-refractivity contribution in [2.24, 2.45) is 0 Å². The summed E-state index contributed by atoms with van der Waals surface area (Å²) in [5.41, 5.74) is 0. The molecule has 0 spiro atoms. The van der Waals surface area contributed by atoms with Crippen LogP contribution in [0.4, 0.5) is 0 Å². The Morgan fingerprint density at radius 2 is 2.00 bits per heavy atom. The molecule has 0 unspecified atom stereocenters. The third-order valence-electron chi connectivity index (χ3n) is 2.32. The molecule has 1 N–H and O–H groups in total. The van der Waals surface area contributed by atoms with Crippen LogP contribution in [0.1, 0.15) is 0 Å². The third-order valence-corrected chi connectivity index (χ3v) is 4.13. The van der Waals surface area contributed by atoms with Gasteiger partial charge in [0.1, 0.15) is 0 Å². The van der Waals surface area contributed by atoms with E-state index in [1.807, 2.05) is 0 Å². The molecule has 15 heavy (non-hydrogen) atoms. The predicted octanol–water partition coefficient (Wildman–Crippen LogP) is -0.325. The van der Waals surface area contributed by atoms with Gasteiger partial charge in [0.2, 0.25) is 0 Å². The molecule has 0 atom stereocenters. The van der Waals surface area contributed by atoms with Crippen LogP contribution in [0, 0.1) is 0 Å². The van der Waals surface area contributed by atoms with Crippen molar-refractivity contribution < 1.29 is 8.42 Å². The summed E-state index contributed by atoms with van der Waals surface area (Å²) in [4.78, 5) is 3.88. The molecule has 1 aromatic rings. The van der Waals surface area contributed by atoms with Crippen LogP contribution in [0.5, 0.6) is 0 Å². The molecule has 1 aromatic heterocycles. The van der Waals surface area contributed by atoms with Crippen LogP contribution in [0.3, 0.4) is 0 Å². The molecular weight excluding hydrogens is 214 g/mol. The lowest BCUT2D eigenvalue weighted by Gasteiger charge is -2.25. The molecule has 0 aliphatic carbocycles. The van der Waals surface area contributed by atoms with Gasteiger partial charge in [-0.15, -0.1) is 0 Å². The molecule has 5 nitrogen and oxygen atoms in total. The van der Waals surface area contributed by atoms with E-state index in [9.17, 15) is 8.42 Å². The van der Waals surface area contributed by atoms with Crippen molar-refractivity contribution in [1.82, 2.24) is 14.6 Å². The smallest absolute Gasteiger partial charge is 0.260 e. The monoisotopic (exact) mass is 227 g/mol. The second-order valence-corrected chi connectivity index (χ2v) is 5.21. The van der Waals surface area contributed by atoms with Gasteiger partial charge in [0.25, 0.3) is 10.0 Å². The van der Waals surface area contributed by atoms with Gasteiger partial charge < -0.3 is 5.32 Å². The topological polar surface area (TPSA) is 62.3 Å². The largest absolute Gasteiger partial charge is 0.314 e. The third kappa shape index (κ3) is 2.17. The molecule has 0 aromatic carbocycles. The fourth-order valence-electron chi connectivity index (χ4n) is 1.52. The summed E-state index contributed by atoms with van der Waals surface area (Å²) in [7, 11) is -3.38.